The summed E-state index contributed by atoms with van der Waals surface area (Å²) < 4.78 is 0. The molecule has 170 valence electrons. The molecule has 1 atom stereocenters. The van der Waals surface area contributed by atoms with E-state index in [2.05, 4.69) is 10.6 Å². The zero-order chi connectivity index (χ0) is 22.4. The Morgan fingerprint density at radius 1 is 0.935 bits per heavy atom. The molecule has 2 N–H and O–H groups in total. The molecular formula is C23H33ClN4O3. The third kappa shape index (κ3) is 6.12. The van der Waals surface area contributed by atoms with E-state index in [0.29, 0.717) is 36.5 Å². The van der Waals surface area contributed by atoms with Crippen LogP contribution >= 0.6 is 11.6 Å². The van der Waals surface area contributed by atoms with Crippen molar-refractivity contribution in [2.24, 2.45) is 5.92 Å². The molecule has 0 saturated carbocycles. The van der Waals surface area contributed by atoms with Crippen LogP contribution in [0.1, 0.15) is 56.3 Å². The van der Waals surface area contributed by atoms with Crippen LogP contribution in [0, 0.1) is 5.92 Å². The van der Waals surface area contributed by atoms with Gasteiger partial charge in [0.2, 0.25) is 5.91 Å². The molecule has 7 nitrogen and oxygen atoms in total. The first-order valence-electron chi connectivity index (χ1n) is 11.3. The van der Waals surface area contributed by atoms with E-state index in [1.807, 2.05) is 18.7 Å². The van der Waals surface area contributed by atoms with Gasteiger partial charge in [-0.1, -0.05) is 23.7 Å². The molecule has 2 fully saturated rings. The molecule has 2 heterocycles. The molecule has 31 heavy (non-hydrogen) atoms. The van der Waals surface area contributed by atoms with Crippen LogP contribution in [0.5, 0.6) is 0 Å². The molecule has 0 radical (unpaired) electrons. The van der Waals surface area contributed by atoms with Crippen LogP contribution in [0.2, 0.25) is 5.02 Å². The fourth-order valence-corrected chi connectivity index (χ4v) is 4.55. The maximum Gasteiger partial charge on any atom is 0.317 e. The van der Waals surface area contributed by atoms with Gasteiger partial charge in [-0.05, 0) is 64.0 Å². The number of rotatable bonds is 5. The van der Waals surface area contributed by atoms with Gasteiger partial charge >= 0.3 is 6.03 Å². The third-order valence-electron chi connectivity index (χ3n) is 6.05. The van der Waals surface area contributed by atoms with E-state index in [9.17, 15) is 14.4 Å². The van der Waals surface area contributed by atoms with Crippen molar-refractivity contribution in [1.29, 1.82) is 0 Å². The molecule has 2 aliphatic heterocycles. The minimum atomic E-state index is -0.614. The van der Waals surface area contributed by atoms with Crippen LogP contribution in [-0.2, 0) is 4.79 Å². The van der Waals surface area contributed by atoms with Gasteiger partial charge in [-0.3, -0.25) is 9.59 Å². The smallest absolute Gasteiger partial charge is 0.317 e. The minimum Gasteiger partial charge on any atom is -0.341 e. The summed E-state index contributed by atoms with van der Waals surface area (Å²) in [4.78, 5) is 42.3. The molecule has 2 aliphatic rings. The first-order valence-corrected chi connectivity index (χ1v) is 11.6. The van der Waals surface area contributed by atoms with E-state index in [1.165, 1.54) is 0 Å². The fourth-order valence-electron chi connectivity index (χ4n) is 4.33. The normalized spacial score (nSPS) is 18.6. The second-order valence-corrected chi connectivity index (χ2v) is 9.15. The summed E-state index contributed by atoms with van der Waals surface area (Å²) in [5.74, 6) is -0.380. The number of hydrogen-bond donors (Lipinski definition) is 2. The zero-order valence-corrected chi connectivity index (χ0v) is 19.2. The van der Waals surface area contributed by atoms with Crippen molar-refractivity contribution in [3.8, 4) is 0 Å². The summed E-state index contributed by atoms with van der Waals surface area (Å²) in [6.07, 6.45) is 4.44. The van der Waals surface area contributed by atoms with Crippen molar-refractivity contribution < 1.29 is 14.4 Å². The number of urea groups is 1. The molecule has 3 rings (SSSR count). The Bertz CT molecular complexity index is 787. The average molecular weight is 449 g/mol. The molecule has 0 unspecified atom stereocenters. The highest BCUT2D eigenvalue weighted by molar-refractivity contribution is 6.33. The van der Waals surface area contributed by atoms with E-state index in [1.54, 1.807) is 29.2 Å². The maximum absolute atomic E-state index is 13.4. The van der Waals surface area contributed by atoms with Crippen molar-refractivity contribution in [1.82, 2.24) is 20.4 Å². The Labute approximate surface area is 189 Å². The molecule has 0 aliphatic carbocycles. The lowest BCUT2D eigenvalue weighted by atomic mass is 9.88. The topological polar surface area (TPSA) is 81.8 Å². The number of nitrogens with zero attached hydrogens (tertiary/aromatic N) is 2. The summed E-state index contributed by atoms with van der Waals surface area (Å²) in [6, 6.07) is 6.25. The lowest BCUT2D eigenvalue weighted by Gasteiger charge is -2.38. The zero-order valence-electron chi connectivity index (χ0n) is 18.4. The van der Waals surface area contributed by atoms with Crippen molar-refractivity contribution in [3.05, 3.63) is 34.9 Å². The van der Waals surface area contributed by atoms with Crippen molar-refractivity contribution in [2.45, 2.75) is 58.0 Å². The van der Waals surface area contributed by atoms with Gasteiger partial charge in [0.05, 0.1) is 10.6 Å². The Balaban J connectivity index is 1.72. The predicted molar refractivity (Wildman–Crippen MR) is 121 cm³/mol. The number of carbonyl (C=O) groups excluding carboxylic acids is 3. The van der Waals surface area contributed by atoms with E-state index in [4.69, 9.17) is 11.6 Å². The summed E-state index contributed by atoms with van der Waals surface area (Å²) in [6.45, 7) is 6.45. The van der Waals surface area contributed by atoms with Crippen LogP contribution in [0.15, 0.2) is 24.3 Å². The third-order valence-corrected chi connectivity index (χ3v) is 6.38. The quantitative estimate of drug-likeness (QED) is 0.725. The van der Waals surface area contributed by atoms with Crippen LogP contribution in [0.25, 0.3) is 0 Å². The number of hydrogen-bond acceptors (Lipinski definition) is 3. The fraction of sp³-hybridized carbons (Fsp3) is 0.609. The number of carbonyl (C=O) groups is 3. The number of amides is 4. The molecule has 1 aromatic rings. The first-order chi connectivity index (χ1) is 14.9. The lowest BCUT2D eigenvalue weighted by molar-refractivity contribution is -0.136. The predicted octanol–water partition coefficient (Wildman–Crippen LogP) is 3.28. The summed E-state index contributed by atoms with van der Waals surface area (Å²) in [5, 5.41) is 6.27. The number of halogens is 1. The number of benzene rings is 1. The molecule has 0 spiro atoms. The van der Waals surface area contributed by atoms with Crippen LogP contribution in [-0.4, -0.2) is 65.9 Å². The van der Waals surface area contributed by atoms with Crippen LogP contribution < -0.4 is 10.6 Å². The summed E-state index contributed by atoms with van der Waals surface area (Å²) in [5.41, 5.74) is 0.370. The molecule has 4 amide bonds. The van der Waals surface area contributed by atoms with Gasteiger partial charge in [-0.2, -0.15) is 0 Å². The van der Waals surface area contributed by atoms with Crippen molar-refractivity contribution >= 4 is 29.4 Å². The van der Waals surface area contributed by atoms with Gasteiger partial charge in [0.25, 0.3) is 5.91 Å². The highest BCUT2D eigenvalue weighted by atomic mass is 35.5. The summed E-state index contributed by atoms with van der Waals surface area (Å²) >= 11 is 6.20. The monoisotopic (exact) mass is 448 g/mol. The van der Waals surface area contributed by atoms with Gasteiger partial charge in [-0.25, -0.2) is 4.79 Å². The Hall–Kier alpha value is -2.28. The Morgan fingerprint density at radius 2 is 1.58 bits per heavy atom. The average Bonchev–Trinajstić information content (AvgIpc) is 2.77. The first kappa shape index (κ1) is 23.4. The molecule has 1 aromatic carbocycles. The van der Waals surface area contributed by atoms with Gasteiger partial charge in [0, 0.05) is 32.2 Å². The Kier molecular flexibility index (Phi) is 8.18. The second-order valence-electron chi connectivity index (χ2n) is 8.75. The van der Waals surface area contributed by atoms with Crippen LogP contribution in [0.4, 0.5) is 4.79 Å². The van der Waals surface area contributed by atoms with Gasteiger partial charge in [-0.15, -0.1) is 0 Å². The molecule has 0 aromatic heterocycles. The van der Waals surface area contributed by atoms with Crippen LogP contribution in [0.3, 0.4) is 0 Å². The van der Waals surface area contributed by atoms with E-state index >= 15 is 0 Å². The van der Waals surface area contributed by atoms with E-state index in [0.717, 1.165) is 32.4 Å². The highest BCUT2D eigenvalue weighted by Gasteiger charge is 2.36. The Morgan fingerprint density at radius 3 is 2.19 bits per heavy atom. The van der Waals surface area contributed by atoms with Gasteiger partial charge < -0.3 is 20.4 Å². The van der Waals surface area contributed by atoms with Crippen molar-refractivity contribution in [3.63, 3.8) is 0 Å². The largest absolute Gasteiger partial charge is 0.341 e. The summed E-state index contributed by atoms with van der Waals surface area (Å²) in [7, 11) is 0. The van der Waals surface area contributed by atoms with E-state index in [-0.39, 0.29) is 29.8 Å². The maximum atomic E-state index is 13.4. The highest BCUT2D eigenvalue weighted by Crippen LogP contribution is 2.25. The number of nitrogens with one attached hydrogen (secondary N) is 2. The van der Waals surface area contributed by atoms with E-state index < -0.39 is 6.04 Å². The van der Waals surface area contributed by atoms with Gasteiger partial charge in [0.15, 0.2) is 0 Å². The van der Waals surface area contributed by atoms with Gasteiger partial charge in [0.1, 0.15) is 6.04 Å². The SMILES string of the molecule is CC(C)NC(=O)N1CCC([C@@H](NC(=O)c2ccccc2Cl)C(=O)N2CCCCC2)CC1. The lowest BCUT2D eigenvalue weighted by Crippen LogP contribution is -2.56. The van der Waals surface area contributed by atoms with Crippen molar-refractivity contribution in [2.75, 3.05) is 26.2 Å². The minimum absolute atomic E-state index is 0.0230. The number of likely N-dealkylation sites (tertiary alicyclic amines) is 2. The molecule has 0 bridgehead atoms. The number of piperidine rings is 2. The molecular weight excluding hydrogens is 416 g/mol. The molecule has 2 saturated heterocycles. The standard InChI is InChI=1S/C23H33ClN4O3/c1-16(2)25-23(31)28-14-10-17(11-15-28)20(22(30)27-12-6-3-7-13-27)26-21(29)18-8-4-5-9-19(18)24/h4-5,8-9,16-17,20H,3,6-7,10-15H2,1-2H3,(H,25,31)(H,26,29)/t20-/m1/s1. The molecule has 8 heteroatoms. The second kappa shape index (κ2) is 10.8.